The first-order valence-corrected chi connectivity index (χ1v) is 4.65. The quantitative estimate of drug-likeness (QED) is 0.713. The molecule has 1 atom stereocenters. The summed E-state index contributed by atoms with van der Waals surface area (Å²) in [6.45, 7) is 6.11. The lowest BCUT2D eigenvalue weighted by molar-refractivity contribution is -0.122. The largest absolute Gasteiger partial charge is 0.472 e. The van der Waals surface area contributed by atoms with Crippen molar-refractivity contribution in [2.45, 2.75) is 27.2 Å². The van der Waals surface area contributed by atoms with Crippen molar-refractivity contribution in [3.63, 3.8) is 0 Å². The van der Waals surface area contributed by atoms with Crippen molar-refractivity contribution in [1.29, 1.82) is 0 Å². The Morgan fingerprint density at radius 2 is 2.15 bits per heavy atom. The fourth-order valence-electron chi connectivity index (χ4n) is 1.13. The van der Waals surface area contributed by atoms with E-state index >= 15 is 0 Å². The monoisotopic (exact) mass is 180 g/mol. The zero-order chi connectivity index (χ0) is 9.84. The summed E-state index contributed by atoms with van der Waals surface area (Å²) in [6, 6.07) is 1.84. The van der Waals surface area contributed by atoms with Crippen molar-refractivity contribution in [3.05, 3.63) is 24.2 Å². The molecule has 0 aliphatic rings. The highest BCUT2D eigenvalue weighted by atomic mass is 16.3. The highest BCUT2D eigenvalue weighted by Gasteiger charge is 2.16. The fourth-order valence-corrected chi connectivity index (χ4v) is 1.13. The van der Waals surface area contributed by atoms with Crippen molar-refractivity contribution in [3.8, 4) is 0 Å². The van der Waals surface area contributed by atoms with Gasteiger partial charge in [0, 0.05) is 12.3 Å². The molecule has 0 N–H and O–H groups in total. The van der Waals surface area contributed by atoms with Gasteiger partial charge in [0.25, 0.3) is 0 Å². The third kappa shape index (κ3) is 2.72. The maximum atomic E-state index is 11.6. The Bertz CT molecular complexity index is 260. The molecule has 0 radical (unpaired) electrons. The van der Waals surface area contributed by atoms with Crippen LogP contribution in [0.5, 0.6) is 0 Å². The van der Waals surface area contributed by atoms with E-state index in [1.807, 2.05) is 13.0 Å². The van der Waals surface area contributed by atoms with Gasteiger partial charge in [-0.2, -0.15) is 0 Å². The first kappa shape index (κ1) is 10.0. The van der Waals surface area contributed by atoms with Crippen molar-refractivity contribution in [2.24, 2.45) is 11.8 Å². The summed E-state index contributed by atoms with van der Waals surface area (Å²) in [4.78, 5) is 11.6. The molecule has 0 aromatic carbocycles. The van der Waals surface area contributed by atoms with Crippen LogP contribution in [0.2, 0.25) is 0 Å². The molecule has 72 valence electrons. The number of ketones is 1. The van der Waals surface area contributed by atoms with E-state index in [2.05, 4.69) is 13.8 Å². The number of carbonyl (C=O) groups is 1. The van der Waals surface area contributed by atoms with Crippen LogP contribution in [0, 0.1) is 11.8 Å². The molecule has 1 rings (SSSR count). The summed E-state index contributed by atoms with van der Waals surface area (Å²) in [5, 5.41) is 0. The summed E-state index contributed by atoms with van der Waals surface area (Å²) in [6.07, 6.45) is 3.73. The average Bonchev–Trinajstić information content (AvgIpc) is 2.55. The van der Waals surface area contributed by atoms with Gasteiger partial charge in [-0.15, -0.1) is 0 Å². The van der Waals surface area contributed by atoms with Gasteiger partial charge in [0.15, 0.2) is 0 Å². The molecule has 0 fully saturated rings. The van der Waals surface area contributed by atoms with Gasteiger partial charge in [-0.05, 0) is 17.5 Å². The molecule has 0 bridgehead atoms. The molecular formula is C11H16O2. The van der Waals surface area contributed by atoms with Crippen LogP contribution >= 0.6 is 0 Å². The molecule has 1 aromatic heterocycles. The Morgan fingerprint density at radius 1 is 1.46 bits per heavy atom. The molecule has 0 spiro atoms. The lowest BCUT2D eigenvalue weighted by Crippen LogP contribution is -2.18. The van der Waals surface area contributed by atoms with Gasteiger partial charge in [-0.3, -0.25) is 4.79 Å². The SMILES string of the molecule is CC(C)C(C)C(=O)Cc1ccoc1. The number of rotatable bonds is 4. The fraction of sp³-hybridized carbons (Fsp3) is 0.545. The van der Waals surface area contributed by atoms with Crippen LogP contribution < -0.4 is 0 Å². The molecule has 2 nitrogen and oxygen atoms in total. The van der Waals surface area contributed by atoms with E-state index in [1.165, 1.54) is 0 Å². The van der Waals surface area contributed by atoms with E-state index in [1.54, 1.807) is 12.5 Å². The van der Waals surface area contributed by atoms with E-state index in [0.29, 0.717) is 12.3 Å². The Kier molecular flexibility index (Phi) is 3.29. The lowest BCUT2D eigenvalue weighted by Gasteiger charge is -2.12. The van der Waals surface area contributed by atoms with Crippen LogP contribution in [0.25, 0.3) is 0 Å². The van der Waals surface area contributed by atoms with Crippen LogP contribution in [-0.2, 0) is 11.2 Å². The maximum absolute atomic E-state index is 11.6. The summed E-state index contributed by atoms with van der Waals surface area (Å²) >= 11 is 0. The van der Waals surface area contributed by atoms with Crippen molar-refractivity contribution >= 4 is 5.78 Å². The minimum atomic E-state index is 0.134. The highest BCUT2D eigenvalue weighted by Crippen LogP contribution is 2.14. The van der Waals surface area contributed by atoms with Crippen LogP contribution in [0.4, 0.5) is 0 Å². The van der Waals surface area contributed by atoms with Gasteiger partial charge in [0.1, 0.15) is 5.78 Å². The zero-order valence-electron chi connectivity index (χ0n) is 8.41. The normalized spacial score (nSPS) is 13.2. The van der Waals surface area contributed by atoms with Gasteiger partial charge < -0.3 is 4.42 Å². The molecule has 1 unspecified atom stereocenters. The Labute approximate surface area is 78.9 Å². The summed E-state index contributed by atoms with van der Waals surface area (Å²) in [7, 11) is 0. The second-order valence-corrected chi connectivity index (χ2v) is 3.81. The highest BCUT2D eigenvalue weighted by molar-refractivity contribution is 5.83. The summed E-state index contributed by atoms with van der Waals surface area (Å²) < 4.78 is 4.90. The maximum Gasteiger partial charge on any atom is 0.140 e. The van der Waals surface area contributed by atoms with Crippen molar-refractivity contribution < 1.29 is 9.21 Å². The zero-order valence-corrected chi connectivity index (χ0v) is 8.41. The van der Waals surface area contributed by atoms with Crippen LogP contribution in [0.3, 0.4) is 0 Å². The Morgan fingerprint density at radius 3 is 2.62 bits per heavy atom. The van der Waals surface area contributed by atoms with Gasteiger partial charge in [-0.25, -0.2) is 0 Å². The number of hydrogen-bond acceptors (Lipinski definition) is 2. The van der Waals surface area contributed by atoms with E-state index in [4.69, 9.17) is 4.42 Å². The van der Waals surface area contributed by atoms with E-state index in [-0.39, 0.29) is 11.7 Å². The summed E-state index contributed by atoms with van der Waals surface area (Å²) in [5.41, 5.74) is 0.970. The van der Waals surface area contributed by atoms with Gasteiger partial charge in [0.05, 0.1) is 12.5 Å². The number of furan rings is 1. The van der Waals surface area contributed by atoms with Crippen LogP contribution in [-0.4, -0.2) is 5.78 Å². The molecule has 1 aromatic rings. The molecule has 1 heterocycles. The topological polar surface area (TPSA) is 30.2 Å². The number of carbonyl (C=O) groups excluding carboxylic acids is 1. The molecule has 0 saturated heterocycles. The predicted octanol–water partition coefficient (Wildman–Crippen LogP) is 2.68. The van der Waals surface area contributed by atoms with Crippen molar-refractivity contribution in [2.75, 3.05) is 0 Å². The Hall–Kier alpha value is -1.05. The Balaban J connectivity index is 2.51. The van der Waals surface area contributed by atoms with Gasteiger partial charge in [0.2, 0.25) is 0 Å². The second-order valence-electron chi connectivity index (χ2n) is 3.81. The third-order valence-corrected chi connectivity index (χ3v) is 2.47. The molecule has 2 heteroatoms. The molecule has 13 heavy (non-hydrogen) atoms. The predicted molar refractivity (Wildman–Crippen MR) is 51.4 cm³/mol. The van der Waals surface area contributed by atoms with E-state index < -0.39 is 0 Å². The number of hydrogen-bond donors (Lipinski definition) is 0. The second kappa shape index (κ2) is 4.26. The summed E-state index contributed by atoms with van der Waals surface area (Å²) in [5.74, 6) is 0.839. The lowest BCUT2D eigenvalue weighted by atomic mass is 9.91. The molecular weight excluding hydrogens is 164 g/mol. The molecule has 0 aliphatic carbocycles. The van der Waals surface area contributed by atoms with Gasteiger partial charge in [-0.1, -0.05) is 20.8 Å². The standard InChI is InChI=1S/C11H16O2/c1-8(2)9(3)11(12)6-10-4-5-13-7-10/h4-5,7-9H,6H2,1-3H3. The molecule has 0 saturated carbocycles. The smallest absolute Gasteiger partial charge is 0.140 e. The first-order chi connectivity index (χ1) is 6.11. The average molecular weight is 180 g/mol. The number of Topliss-reactive ketones (excluding diaryl/α,β-unsaturated/α-hetero) is 1. The van der Waals surface area contributed by atoms with E-state index in [9.17, 15) is 4.79 Å². The minimum absolute atomic E-state index is 0.134. The molecule has 0 aliphatic heterocycles. The van der Waals surface area contributed by atoms with Gasteiger partial charge >= 0.3 is 0 Å². The molecule has 0 amide bonds. The van der Waals surface area contributed by atoms with Crippen molar-refractivity contribution in [1.82, 2.24) is 0 Å². The van der Waals surface area contributed by atoms with E-state index in [0.717, 1.165) is 5.56 Å². The third-order valence-electron chi connectivity index (χ3n) is 2.47. The van der Waals surface area contributed by atoms with Crippen LogP contribution in [0.1, 0.15) is 26.3 Å². The van der Waals surface area contributed by atoms with Crippen LogP contribution in [0.15, 0.2) is 23.0 Å². The first-order valence-electron chi connectivity index (χ1n) is 4.65. The minimum Gasteiger partial charge on any atom is -0.472 e.